The largest absolute Gasteiger partial charge is 0.480 e. The maximum Gasteiger partial charge on any atom is 0.329 e. The molecule has 0 aliphatic heterocycles. The lowest BCUT2D eigenvalue weighted by Gasteiger charge is -2.31. The number of nitrogens with zero attached hydrogens (tertiary/aromatic N) is 1. The van der Waals surface area contributed by atoms with Crippen LogP contribution in [0.3, 0.4) is 0 Å². The fraction of sp³-hybridized carbons (Fsp3) is 0.750. The van der Waals surface area contributed by atoms with Crippen LogP contribution in [0.25, 0.3) is 0 Å². The molecule has 7 nitrogen and oxygen atoms in total. The Hall–Kier alpha value is -1.79. The van der Waals surface area contributed by atoms with E-state index in [0.717, 1.165) is 0 Å². The van der Waals surface area contributed by atoms with Crippen molar-refractivity contribution in [2.75, 3.05) is 20.1 Å². The van der Waals surface area contributed by atoms with E-state index in [9.17, 15) is 19.5 Å². The number of nitrogens with one attached hydrogen (secondary N) is 2. The number of hydrogen-bond donors (Lipinski definition) is 3. The summed E-state index contributed by atoms with van der Waals surface area (Å²) in [4.78, 5) is 35.9. The zero-order chi connectivity index (χ0) is 15.1. The van der Waals surface area contributed by atoms with Crippen LogP contribution >= 0.6 is 0 Å². The maximum atomic E-state index is 12.0. The van der Waals surface area contributed by atoms with Gasteiger partial charge >= 0.3 is 12.0 Å². The van der Waals surface area contributed by atoms with Crippen molar-refractivity contribution in [3.8, 4) is 0 Å². The third-order valence-corrected chi connectivity index (χ3v) is 3.24. The van der Waals surface area contributed by atoms with Crippen LogP contribution in [0, 0.1) is 0 Å². The third-order valence-electron chi connectivity index (χ3n) is 3.24. The smallest absolute Gasteiger partial charge is 0.329 e. The van der Waals surface area contributed by atoms with Crippen LogP contribution < -0.4 is 10.6 Å². The Morgan fingerprint density at radius 2 is 1.68 bits per heavy atom. The second-order valence-electron chi connectivity index (χ2n) is 4.21. The first-order valence-electron chi connectivity index (χ1n) is 6.37. The van der Waals surface area contributed by atoms with Crippen molar-refractivity contribution >= 4 is 17.9 Å². The first-order chi connectivity index (χ1) is 8.86. The summed E-state index contributed by atoms with van der Waals surface area (Å²) in [6.07, 6.45) is 0.560. The number of likely N-dealkylation sites (N-methyl/N-ethyl adjacent to an activating group) is 2. The lowest BCUT2D eigenvalue weighted by Crippen LogP contribution is -2.58. The molecular formula is C12H23N3O4. The van der Waals surface area contributed by atoms with Crippen LogP contribution in [0.5, 0.6) is 0 Å². The van der Waals surface area contributed by atoms with Crippen molar-refractivity contribution in [1.82, 2.24) is 15.5 Å². The van der Waals surface area contributed by atoms with Gasteiger partial charge < -0.3 is 20.6 Å². The normalized spacial score (nSPS) is 10.7. The molecule has 0 saturated carbocycles. The van der Waals surface area contributed by atoms with Gasteiger partial charge in [-0.1, -0.05) is 13.8 Å². The molecule has 0 aliphatic carbocycles. The lowest BCUT2D eigenvalue weighted by molar-refractivity contribution is -0.144. The highest BCUT2D eigenvalue weighted by Gasteiger charge is 2.37. The van der Waals surface area contributed by atoms with Crippen LogP contribution in [0.1, 0.15) is 33.6 Å². The van der Waals surface area contributed by atoms with Crippen molar-refractivity contribution in [3.63, 3.8) is 0 Å². The van der Waals surface area contributed by atoms with E-state index in [0.29, 0.717) is 6.54 Å². The van der Waals surface area contributed by atoms with Gasteiger partial charge in [0.1, 0.15) is 12.1 Å². The van der Waals surface area contributed by atoms with E-state index in [1.165, 1.54) is 11.9 Å². The second kappa shape index (κ2) is 7.60. The molecule has 0 unspecified atom stereocenters. The average Bonchev–Trinajstić information content (AvgIpc) is 2.41. The predicted molar refractivity (Wildman–Crippen MR) is 70.8 cm³/mol. The lowest BCUT2D eigenvalue weighted by atomic mass is 9.93. The van der Waals surface area contributed by atoms with E-state index >= 15 is 0 Å². The molecule has 110 valence electrons. The molecule has 0 aromatic carbocycles. The summed E-state index contributed by atoms with van der Waals surface area (Å²) >= 11 is 0. The van der Waals surface area contributed by atoms with Crippen LogP contribution in [-0.4, -0.2) is 53.6 Å². The van der Waals surface area contributed by atoms with E-state index in [1.807, 2.05) is 0 Å². The molecule has 0 bridgehead atoms. The SMILES string of the molecule is CCN(CC(=O)NC)C(=O)NC(CC)(CC)C(=O)O. The van der Waals surface area contributed by atoms with E-state index in [-0.39, 0.29) is 25.3 Å². The molecule has 0 aromatic rings. The van der Waals surface area contributed by atoms with Crippen LogP contribution in [0.4, 0.5) is 4.79 Å². The van der Waals surface area contributed by atoms with E-state index in [1.54, 1.807) is 20.8 Å². The van der Waals surface area contributed by atoms with Gasteiger partial charge in [0.05, 0.1) is 0 Å². The van der Waals surface area contributed by atoms with E-state index in [4.69, 9.17) is 0 Å². The number of aliphatic carboxylic acids is 1. The van der Waals surface area contributed by atoms with Gasteiger partial charge in [-0.05, 0) is 19.8 Å². The minimum absolute atomic E-state index is 0.0953. The van der Waals surface area contributed by atoms with Crippen molar-refractivity contribution in [3.05, 3.63) is 0 Å². The number of urea groups is 1. The standard InChI is InChI=1S/C12H23N3O4/c1-5-12(6-2,10(17)18)14-11(19)15(7-3)8-9(16)13-4/h5-8H2,1-4H3,(H,13,16)(H,14,19)(H,17,18). The summed E-state index contributed by atoms with van der Waals surface area (Å²) < 4.78 is 0. The van der Waals surface area contributed by atoms with Gasteiger partial charge in [-0.3, -0.25) is 4.79 Å². The van der Waals surface area contributed by atoms with Gasteiger partial charge in [0, 0.05) is 13.6 Å². The highest BCUT2D eigenvalue weighted by molar-refractivity contribution is 5.88. The first-order valence-corrected chi connectivity index (χ1v) is 6.37. The Labute approximate surface area is 113 Å². The Morgan fingerprint density at radius 1 is 1.16 bits per heavy atom. The van der Waals surface area contributed by atoms with Crippen LogP contribution in [0.15, 0.2) is 0 Å². The number of carbonyl (C=O) groups excluding carboxylic acids is 2. The summed E-state index contributed by atoms with van der Waals surface area (Å²) in [6.45, 7) is 5.35. The highest BCUT2D eigenvalue weighted by Crippen LogP contribution is 2.16. The van der Waals surface area contributed by atoms with E-state index < -0.39 is 17.5 Å². The number of hydrogen-bond acceptors (Lipinski definition) is 3. The Balaban J connectivity index is 4.88. The number of carboxylic acids is 1. The molecule has 0 aromatic heterocycles. The molecule has 0 fully saturated rings. The molecule has 0 radical (unpaired) electrons. The monoisotopic (exact) mass is 273 g/mol. The van der Waals surface area contributed by atoms with Crippen LogP contribution in [0.2, 0.25) is 0 Å². The van der Waals surface area contributed by atoms with Gasteiger partial charge in [0.25, 0.3) is 0 Å². The fourth-order valence-electron chi connectivity index (χ4n) is 1.65. The molecule has 0 spiro atoms. The highest BCUT2D eigenvalue weighted by atomic mass is 16.4. The number of carbonyl (C=O) groups is 3. The Kier molecular flexibility index (Phi) is 6.89. The summed E-state index contributed by atoms with van der Waals surface area (Å²) in [5.74, 6) is -1.37. The number of rotatable bonds is 7. The topological polar surface area (TPSA) is 98.7 Å². The van der Waals surface area contributed by atoms with Gasteiger partial charge in [-0.2, -0.15) is 0 Å². The van der Waals surface area contributed by atoms with E-state index in [2.05, 4.69) is 10.6 Å². The van der Waals surface area contributed by atoms with Gasteiger partial charge in [0.15, 0.2) is 0 Å². The Morgan fingerprint density at radius 3 is 2.00 bits per heavy atom. The molecule has 7 heteroatoms. The van der Waals surface area contributed by atoms with Crippen molar-refractivity contribution in [1.29, 1.82) is 0 Å². The molecule has 0 saturated heterocycles. The van der Waals surface area contributed by atoms with Gasteiger partial charge in [-0.15, -0.1) is 0 Å². The first kappa shape index (κ1) is 17.2. The zero-order valence-corrected chi connectivity index (χ0v) is 11.9. The molecule has 0 heterocycles. The molecule has 0 rings (SSSR count). The van der Waals surface area contributed by atoms with Crippen LogP contribution in [-0.2, 0) is 9.59 Å². The van der Waals surface area contributed by atoms with Crippen molar-refractivity contribution in [2.24, 2.45) is 0 Å². The molecular weight excluding hydrogens is 250 g/mol. The van der Waals surface area contributed by atoms with Gasteiger partial charge in [0.2, 0.25) is 5.91 Å². The van der Waals surface area contributed by atoms with Crippen molar-refractivity contribution < 1.29 is 19.5 Å². The molecule has 3 N–H and O–H groups in total. The third kappa shape index (κ3) is 4.42. The minimum atomic E-state index is -1.28. The molecule has 0 atom stereocenters. The summed E-state index contributed by atoms with van der Waals surface area (Å²) in [6, 6.07) is -0.544. The number of carboxylic acid groups (broad SMARTS) is 1. The molecule has 3 amide bonds. The maximum absolute atomic E-state index is 12.0. The number of amides is 3. The Bertz CT molecular complexity index is 340. The summed E-state index contributed by atoms with van der Waals surface area (Å²) in [5, 5.41) is 14.2. The summed E-state index contributed by atoms with van der Waals surface area (Å²) in [7, 11) is 1.48. The fourth-order valence-corrected chi connectivity index (χ4v) is 1.65. The predicted octanol–water partition coefficient (Wildman–Crippen LogP) is 0.407. The van der Waals surface area contributed by atoms with Crippen molar-refractivity contribution in [2.45, 2.75) is 39.2 Å². The second-order valence-corrected chi connectivity index (χ2v) is 4.21. The van der Waals surface area contributed by atoms with Gasteiger partial charge in [-0.25, -0.2) is 9.59 Å². The molecule has 19 heavy (non-hydrogen) atoms. The molecule has 0 aliphatic rings. The summed E-state index contributed by atoms with van der Waals surface area (Å²) in [5.41, 5.74) is -1.28. The zero-order valence-electron chi connectivity index (χ0n) is 11.9. The average molecular weight is 273 g/mol. The quantitative estimate of drug-likeness (QED) is 0.625. The minimum Gasteiger partial charge on any atom is -0.480 e.